The second-order valence-corrected chi connectivity index (χ2v) is 8.94. The van der Waals surface area contributed by atoms with Crippen LogP contribution in [0.3, 0.4) is 0 Å². The van der Waals surface area contributed by atoms with Crippen LogP contribution in [-0.2, 0) is 11.2 Å². The number of anilines is 2. The number of fused-ring (bicyclic) bond motifs is 2. The number of rotatable bonds is 5. The second kappa shape index (κ2) is 8.73. The number of carbonyl (C=O) groups is 2. The molecular weight excluding hydrogens is 462 g/mol. The van der Waals surface area contributed by atoms with Crippen LogP contribution in [-0.4, -0.2) is 23.6 Å². The van der Waals surface area contributed by atoms with Gasteiger partial charge in [-0.15, -0.1) is 0 Å². The molecule has 9 heteroatoms. The highest BCUT2D eigenvalue weighted by molar-refractivity contribution is 7.22. The summed E-state index contributed by atoms with van der Waals surface area (Å²) in [5, 5.41) is 6.65. The maximum absolute atomic E-state index is 12.8. The number of hydrogen-bond donors (Lipinski definition) is 2. The number of aromatic nitrogens is 1. The van der Waals surface area contributed by atoms with Crippen molar-refractivity contribution in [3.05, 3.63) is 76.3 Å². The van der Waals surface area contributed by atoms with Crippen LogP contribution in [0.2, 0.25) is 5.02 Å². The first-order chi connectivity index (χ1) is 16.0. The molecular formula is C24H18ClN3O4S. The molecule has 1 aliphatic heterocycles. The van der Waals surface area contributed by atoms with Crippen molar-refractivity contribution in [1.29, 1.82) is 0 Å². The van der Waals surface area contributed by atoms with Gasteiger partial charge in [-0.05, 0) is 54.4 Å². The molecule has 1 aliphatic rings. The smallest absolute Gasteiger partial charge is 0.255 e. The molecule has 2 amide bonds. The Hall–Kier alpha value is -3.62. The van der Waals surface area contributed by atoms with E-state index in [9.17, 15) is 9.59 Å². The van der Waals surface area contributed by atoms with Crippen molar-refractivity contribution in [2.75, 3.05) is 17.4 Å². The molecule has 4 aromatic rings. The number of amides is 2. The number of nitrogens with zero attached hydrogens (tertiary/aromatic N) is 1. The topological polar surface area (TPSA) is 89.6 Å². The van der Waals surface area contributed by atoms with E-state index in [1.54, 1.807) is 36.4 Å². The van der Waals surface area contributed by atoms with E-state index < -0.39 is 0 Å². The Morgan fingerprint density at radius 1 is 1.06 bits per heavy atom. The predicted octanol–water partition coefficient (Wildman–Crippen LogP) is 5.42. The van der Waals surface area contributed by atoms with E-state index in [1.807, 2.05) is 25.1 Å². The third-order valence-electron chi connectivity index (χ3n) is 5.16. The van der Waals surface area contributed by atoms with Gasteiger partial charge in [-0.25, -0.2) is 4.98 Å². The number of nitrogens with one attached hydrogen (secondary N) is 2. The van der Waals surface area contributed by atoms with Gasteiger partial charge in [-0.3, -0.25) is 9.59 Å². The highest BCUT2D eigenvalue weighted by atomic mass is 35.5. The van der Waals surface area contributed by atoms with Gasteiger partial charge in [0.1, 0.15) is 0 Å². The number of para-hydroxylation sites is 1. The first kappa shape index (κ1) is 21.2. The van der Waals surface area contributed by atoms with Gasteiger partial charge in [-0.1, -0.05) is 41.1 Å². The Labute approximate surface area is 198 Å². The van der Waals surface area contributed by atoms with Gasteiger partial charge in [0, 0.05) is 5.56 Å². The fourth-order valence-corrected chi connectivity index (χ4v) is 4.69. The molecule has 0 bridgehead atoms. The van der Waals surface area contributed by atoms with Gasteiger partial charge in [0.2, 0.25) is 12.7 Å². The summed E-state index contributed by atoms with van der Waals surface area (Å²) >= 11 is 7.52. The molecule has 0 saturated carbocycles. The van der Waals surface area contributed by atoms with Crippen LogP contribution in [0.25, 0.3) is 10.2 Å². The van der Waals surface area contributed by atoms with Crippen LogP contribution in [0, 0.1) is 6.92 Å². The molecule has 166 valence electrons. The fourth-order valence-electron chi connectivity index (χ4n) is 3.50. The van der Waals surface area contributed by atoms with Gasteiger partial charge in [0.05, 0.1) is 27.3 Å². The highest BCUT2D eigenvalue weighted by Gasteiger charge is 2.16. The molecule has 2 heterocycles. The monoisotopic (exact) mass is 479 g/mol. The van der Waals surface area contributed by atoms with Crippen LogP contribution in [0.15, 0.2) is 54.6 Å². The Morgan fingerprint density at radius 3 is 2.76 bits per heavy atom. The molecule has 0 saturated heterocycles. The minimum atomic E-state index is -0.269. The van der Waals surface area contributed by atoms with Gasteiger partial charge >= 0.3 is 0 Å². The first-order valence-corrected chi connectivity index (χ1v) is 11.3. The molecule has 5 rings (SSSR count). The Morgan fingerprint density at radius 2 is 1.91 bits per heavy atom. The van der Waals surface area contributed by atoms with Gasteiger partial charge < -0.3 is 20.1 Å². The van der Waals surface area contributed by atoms with E-state index in [4.69, 9.17) is 21.1 Å². The van der Waals surface area contributed by atoms with E-state index in [2.05, 4.69) is 15.6 Å². The van der Waals surface area contributed by atoms with Crippen molar-refractivity contribution < 1.29 is 19.1 Å². The Balaban J connectivity index is 1.29. The standard InChI is InChI=1S/C24H18ClN3O4S/c1-13-3-2-4-16(25)22(13)28-23(30)15-6-7-17-20(11-15)33-24(26-17)27-21(29)10-14-5-8-18-19(9-14)32-12-31-18/h2-9,11H,10,12H2,1H3,(H,28,30)(H,26,27,29). The summed E-state index contributed by atoms with van der Waals surface area (Å²) in [6.07, 6.45) is 0.178. The first-order valence-electron chi connectivity index (χ1n) is 10.1. The number of benzene rings is 3. The normalized spacial score (nSPS) is 12.1. The summed E-state index contributed by atoms with van der Waals surface area (Å²) < 4.78 is 11.4. The SMILES string of the molecule is Cc1cccc(Cl)c1NC(=O)c1ccc2nc(NC(=O)Cc3ccc4c(c3)OCO4)sc2c1. The average molecular weight is 480 g/mol. The molecule has 0 fully saturated rings. The molecule has 0 unspecified atom stereocenters. The number of hydrogen-bond acceptors (Lipinski definition) is 6. The summed E-state index contributed by atoms with van der Waals surface area (Å²) in [6, 6.07) is 16.1. The van der Waals surface area contributed by atoms with Crippen molar-refractivity contribution in [3.63, 3.8) is 0 Å². The number of aryl methyl sites for hydroxylation is 1. The Kier molecular flexibility index (Phi) is 5.62. The van der Waals surface area contributed by atoms with E-state index in [0.29, 0.717) is 38.4 Å². The summed E-state index contributed by atoms with van der Waals surface area (Å²) in [5.74, 6) is 0.850. The largest absolute Gasteiger partial charge is 0.454 e. The molecule has 0 spiro atoms. The minimum absolute atomic E-state index is 0.178. The van der Waals surface area contributed by atoms with E-state index in [-0.39, 0.29) is 25.0 Å². The maximum Gasteiger partial charge on any atom is 0.255 e. The highest BCUT2D eigenvalue weighted by Crippen LogP contribution is 2.33. The zero-order valence-corrected chi connectivity index (χ0v) is 19.0. The molecule has 1 aromatic heterocycles. The van der Waals surface area contributed by atoms with Crippen molar-refractivity contribution in [2.24, 2.45) is 0 Å². The van der Waals surface area contributed by atoms with Crippen molar-refractivity contribution in [2.45, 2.75) is 13.3 Å². The predicted molar refractivity (Wildman–Crippen MR) is 129 cm³/mol. The summed E-state index contributed by atoms with van der Waals surface area (Å²) in [5.41, 5.74) is 3.45. The lowest BCUT2D eigenvalue weighted by Crippen LogP contribution is -2.14. The second-order valence-electron chi connectivity index (χ2n) is 7.50. The van der Waals surface area contributed by atoms with Crippen molar-refractivity contribution >= 4 is 55.8 Å². The van der Waals surface area contributed by atoms with Crippen molar-refractivity contribution in [1.82, 2.24) is 4.98 Å². The molecule has 2 N–H and O–H groups in total. The third-order valence-corrected chi connectivity index (χ3v) is 6.41. The lowest BCUT2D eigenvalue weighted by atomic mass is 10.1. The average Bonchev–Trinajstić information content (AvgIpc) is 3.41. The fraction of sp³-hybridized carbons (Fsp3) is 0.125. The molecule has 7 nitrogen and oxygen atoms in total. The lowest BCUT2D eigenvalue weighted by molar-refractivity contribution is -0.115. The van der Waals surface area contributed by atoms with Crippen LogP contribution >= 0.6 is 22.9 Å². The summed E-state index contributed by atoms with van der Waals surface area (Å²) in [7, 11) is 0. The lowest BCUT2D eigenvalue weighted by Gasteiger charge is -2.10. The van der Waals surface area contributed by atoms with Crippen molar-refractivity contribution in [3.8, 4) is 11.5 Å². The Bertz CT molecular complexity index is 1380. The molecule has 0 aliphatic carbocycles. The van der Waals surface area contributed by atoms with Gasteiger partial charge in [-0.2, -0.15) is 0 Å². The number of halogens is 1. The van der Waals surface area contributed by atoms with Crippen LogP contribution in [0.5, 0.6) is 11.5 Å². The van der Waals surface area contributed by atoms with Gasteiger partial charge in [0.15, 0.2) is 16.6 Å². The number of carbonyl (C=O) groups excluding carboxylic acids is 2. The molecule has 0 radical (unpaired) electrons. The molecule has 0 atom stereocenters. The van der Waals surface area contributed by atoms with Gasteiger partial charge in [0.25, 0.3) is 5.91 Å². The molecule has 33 heavy (non-hydrogen) atoms. The zero-order chi connectivity index (χ0) is 22.9. The number of ether oxygens (including phenoxy) is 2. The number of thiazole rings is 1. The minimum Gasteiger partial charge on any atom is -0.454 e. The molecule has 3 aromatic carbocycles. The van der Waals surface area contributed by atoms with E-state index >= 15 is 0 Å². The third kappa shape index (κ3) is 4.48. The quantitative estimate of drug-likeness (QED) is 0.399. The van der Waals surface area contributed by atoms with Crippen LogP contribution in [0.1, 0.15) is 21.5 Å². The maximum atomic E-state index is 12.8. The van der Waals surface area contributed by atoms with E-state index in [1.165, 1.54) is 11.3 Å². The summed E-state index contributed by atoms with van der Waals surface area (Å²) in [4.78, 5) is 29.7. The zero-order valence-electron chi connectivity index (χ0n) is 17.5. The van der Waals surface area contributed by atoms with Crippen LogP contribution < -0.4 is 20.1 Å². The summed E-state index contributed by atoms with van der Waals surface area (Å²) in [6.45, 7) is 2.07. The van der Waals surface area contributed by atoms with E-state index in [0.717, 1.165) is 15.8 Å². The van der Waals surface area contributed by atoms with Crippen LogP contribution in [0.4, 0.5) is 10.8 Å².